The Bertz CT molecular complexity index is 204. The lowest BCUT2D eigenvalue weighted by molar-refractivity contribution is 0.866. The maximum atomic E-state index is 2.27. The Morgan fingerprint density at radius 3 is 2.25 bits per heavy atom. The normalized spacial score (nSPS) is 26.7. The van der Waals surface area contributed by atoms with Gasteiger partial charge in [-0.3, -0.25) is 0 Å². The molecule has 0 nitrogen and oxygen atoms in total. The largest absolute Gasteiger partial charge is 0.0882 e. The topological polar surface area (TPSA) is 0 Å². The van der Waals surface area contributed by atoms with Gasteiger partial charge in [0, 0.05) is 0 Å². The summed E-state index contributed by atoms with van der Waals surface area (Å²) >= 11 is 0. The van der Waals surface area contributed by atoms with Crippen molar-refractivity contribution in [2.75, 3.05) is 0 Å². The van der Waals surface area contributed by atoms with Crippen LogP contribution in [0.25, 0.3) is 0 Å². The smallest absolute Gasteiger partial charge is 0.0166 e. The summed E-state index contributed by atoms with van der Waals surface area (Å²) in [5, 5.41) is 0. The van der Waals surface area contributed by atoms with E-state index >= 15 is 0 Å². The van der Waals surface area contributed by atoms with Gasteiger partial charge >= 0.3 is 0 Å². The van der Waals surface area contributed by atoms with Crippen LogP contribution in [-0.4, -0.2) is 0 Å². The highest BCUT2D eigenvalue weighted by Gasteiger charge is 1.80. The van der Waals surface area contributed by atoms with Crippen LogP contribution in [0.15, 0.2) is 48.6 Å². The second kappa shape index (κ2) is 6.66. The molecule has 0 heterocycles. The lowest BCUT2D eigenvalue weighted by atomic mass is 10.2. The summed E-state index contributed by atoms with van der Waals surface area (Å²) in [6.45, 7) is 0. The number of allylic oxidation sites excluding steroid dienone is 8. The van der Waals surface area contributed by atoms with Gasteiger partial charge in [0.2, 0.25) is 0 Å². The molecule has 0 bridgehead atoms. The van der Waals surface area contributed by atoms with Gasteiger partial charge in [0.05, 0.1) is 0 Å². The molecule has 0 saturated carbocycles. The van der Waals surface area contributed by atoms with Gasteiger partial charge in [0.15, 0.2) is 0 Å². The molecule has 0 aromatic rings. The second-order valence-corrected chi connectivity index (χ2v) is 2.88. The van der Waals surface area contributed by atoms with Crippen LogP contribution in [-0.2, 0) is 0 Å². The van der Waals surface area contributed by atoms with Crippen molar-refractivity contribution in [3.05, 3.63) is 48.6 Å². The third kappa shape index (κ3) is 4.73. The summed E-state index contributed by atoms with van der Waals surface area (Å²) in [4.78, 5) is 0. The van der Waals surface area contributed by atoms with Crippen LogP contribution in [0, 0.1) is 0 Å². The lowest BCUT2D eigenvalue weighted by Gasteiger charge is -1.90. The van der Waals surface area contributed by atoms with Crippen LogP contribution in [0.1, 0.15) is 25.7 Å². The first-order valence-electron chi connectivity index (χ1n) is 4.63. The minimum absolute atomic E-state index is 1.06. The SMILES string of the molecule is C1=CC/C=C/CCC/C=C\C=C\1. The highest BCUT2D eigenvalue weighted by Crippen LogP contribution is 2.00. The van der Waals surface area contributed by atoms with Crippen LogP contribution in [0.2, 0.25) is 0 Å². The van der Waals surface area contributed by atoms with Gasteiger partial charge in [-0.1, -0.05) is 48.6 Å². The van der Waals surface area contributed by atoms with Crippen LogP contribution in [0.4, 0.5) is 0 Å². The molecular formula is C12H16. The Labute approximate surface area is 75.0 Å². The first-order chi connectivity index (χ1) is 6.00. The Morgan fingerprint density at radius 2 is 1.33 bits per heavy atom. The molecule has 0 radical (unpaired) electrons. The minimum Gasteiger partial charge on any atom is -0.0882 e. The van der Waals surface area contributed by atoms with Gasteiger partial charge in [-0.2, -0.15) is 0 Å². The van der Waals surface area contributed by atoms with Gasteiger partial charge in [-0.15, -0.1) is 0 Å². The molecule has 0 fully saturated rings. The third-order valence-corrected chi connectivity index (χ3v) is 1.79. The molecule has 0 aromatic heterocycles. The van der Waals surface area contributed by atoms with Crippen molar-refractivity contribution < 1.29 is 0 Å². The summed E-state index contributed by atoms with van der Waals surface area (Å²) in [5.74, 6) is 0. The Hall–Kier alpha value is -1.04. The number of rotatable bonds is 0. The minimum atomic E-state index is 1.06. The molecule has 0 saturated heterocycles. The Morgan fingerprint density at radius 1 is 0.583 bits per heavy atom. The van der Waals surface area contributed by atoms with Crippen molar-refractivity contribution in [2.45, 2.75) is 25.7 Å². The molecule has 1 aliphatic carbocycles. The molecule has 0 amide bonds. The number of hydrogen-bond acceptors (Lipinski definition) is 0. The van der Waals surface area contributed by atoms with E-state index in [1.165, 1.54) is 19.3 Å². The molecule has 0 N–H and O–H groups in total. The van der Waals surface area contributed by atoms with E-state index in [1.54, 1.807) is 0 Å². The van der Waals surface area contributed by atoms with Crippen molar-refractivity contribution in [1.29, 1.82) is 0 Å². The van der Waals surface area contributed by atoms with E-state index in [-0.39, 0.29) is 0 Å². The van der Waals surface area contributed by atoms with E-state index in [4.69, 9.17) is 0 Å². The lowest BCUT2D eigenvalue weighted by Crippen LogP contribution is -1.69. The van der Waals surface area contributed by atoms with E-state index in [9.17, 15) is 0 Å². The molecule has 0 spiro atoms. The molecule has 0 aliphatic heterocycles. The Balaban J connectivity index is 2.42. The molecule has 0 atom stereocenters. The van der Waals surface area contributed by atoms with Gasteiger partial charge in [-0.05, 0) is 25.7 Å². The summed E-state index contributed by atoms with van der Waals surface area (Å²) in [6.07, 6.45) is 22.0. The van der Waals surface area contributed by atoms with Crippen LogP contribution in [0.5, 0.6) is 0 Å². The standard InChI is InChI=1S/C12H16/c1-2-4-6-8-10-12-11-9-7-5-3-1/h1-6,9,11H,7-8,10,12H2/b2-1+,5-3?,6-4-,11-9+. The van der Waals surface area contributed by atoms with Gasteiger partial charge in [0.1, 0.15) is 0 Å². The van der Waals surface area contributed by atoms with E-state index in [1.807, 2.05) is 0 Å². The summed E-state index contributed by atoms with van der Waals surface area (Å²) in [6, 6.07) is 0. The Kier molecular flexibility index (Phi) is 5.02. The van der Waals surface area contributed by atoms with E-state index < -0.39 is 0 Å². The van der Waals surface area contributed by atoms with Gasteiger partial charge in [0.25, 0.3) is 0 Å². The van der Waals surface area contributed by atoms with Crippen molar-refractivity contribution in [3.63, 3.8) is 0 Å². The second-order valence-electron chi connectivity index (χ2n) is 2.88. The van der Waals surface area contributed by atoms with E-state index in [0.29, 0.717) is 0 Å². The molecule has 64 valence electrons. The molecular weight excluding hydrogens is 144 g/mol. The van der Waals surface area contributed by atoms with Crippen molar-refractivity contribution >= 4 is 0 Å². The molecule has 0 unspecified atom stereocenters. The quantitative estimate of drug-likeness (QED) is 0.473. The van der Waals surface area contributed by atoms with Crippen LogP contribution < -0.4 is 0 Å². The van der Waals surface area contributed by atoms with Crippen LogP contribution >= 0.6 is 0 Å². The highest BCUT2D eigenvalue weighted by molar-refractivity contribution is 5.12. The molecule has 1 aliphatic rings. The summed E-state index contributed by atoms with van der Waals surface area (Å²) in [7, 11) is 0. The van der Waals surface area contributed by atoms with Gasteiger partial charge < -0.3 is 0 Å². The first kappa shape index (κ1) is 9.05. The van der Waals surface area contributed by atoms with Crippen molar-refractivity contribution in [1.82, 2.24) is 0 Å². The molecule has 0 aromatic carbocycles. The van der Waals surface area contributed by atoms with E-state index in [0.717, 1.165) is 6.42 Å². The van der Waals surface area contributed by atoms with Crippen LogP contribution in [0.3, 0.4) is 0 Å². The summed E-state index contributed by atoms with van der Waals surface area (Å²) in [5.41, 5.74) is 0. The average molecular weight is 160 g/mol. The monoisotopic (exact) mass is 160 g/mol. The maximum Gasteiger partial charge on any atom is -0.0166 e. The fraction of sp³-hybridized carbons (Fsp3) is 0.333. The first-order valence-corrected chi connectivity index (χ1v) is 4.63. The fourth-order valence-corrected chi connectivity index (χ4v) is 1.11. The average Bonchev–Trinajstić information content (AvgIpc) is 2.05. The summed E-state index contributed by atoms with van der Waals surface area (Å²) < 4.78 is 0. The zero-order valence-electron chi connectivity index (χ0n) is 7.45. The van der Waals surface area contributed by atoms with Gasteiger partial charge in [-0.25, -0.2) is 0 Å². The predicted molar refractivity (Wildman–Crippen MR) is 55.0 cm³/mol. The van der Waals surface area contributed by atoms with Crippen molar-refractivity contribution in [2.24, 2.45) is 0 Å². The zero-order chi connectivity index (χ0) is 8.49. The molecule has 12 heavy (non-hydrogen) atoms. The molecule has 1 rings (SSSR count). The molecule has 0 heteroatoms. The highest BCUT2D eigenvalue weighted by atomic mass is 13.9. The van der Waals surface area contributed by atoms with E-state index in [2.05, 4.69) is 48.6 Å². The fourth-order valence-electron chi connectivity index (χ4n) is 1.11. The maximum absolute atomic E-state index is 2.27. The predicted octanol–water partition coefficient (Wildman–Crippen LogP) is 3.79. The van der Waals surface area contributed by atoms with Crippen molar-refractivity contribution in [3.8, 4) is 0 Å². The number of hydrogen-bond donors (Lipinski definition) is 0. The zero-order valence-corrected chi connectivity index (χ0v) is 7.45. The third-order valence-electron chi connectivity index (χ3n) is 1.79.